The zero-order chi connectivity index (χ0) is 11.7. The first-order chi connectivity index (χ1) is 7.59. The Balaban J connectivity index is 2.64. The van der Waals surface area contributed by atoms with Crippen LogP contribution in [0.1, 0.15) is 17.4 Å². The van der Waals surface area contributed by atoms with E-state index in [1.54, 1.807) is 0 Å². The average molecular weight is 297 g/mol. The van der Waals surface area contributed by atoms with E-state index in [-0.39, 0.29) is 5.78 Å². The molecule has 16 heavy (non-hydrogen) atoms. The van der Waals surface area contributed by atoms with E-state index in [4.69, 9.17) is 5.73 Å². The molecule has 0 aliphatic rings. The Labute approximate surface area is 105 Å². The van der Waals surface area contributed by atoms with Crippen LogP contribution < -0.4 is 5.73 Å². The molecular weight excluding hydrogens is 288 g/mol. The molecule has 2 aromatic rings. The molecule has 3 nitrogen and oxygen atoms in total. The highest BCUT2D eigenvalue weighted by molar-refractivity contribution is 9.10. The normalized spacial score (nSPS) is 10.4. The van der Waals surface area contributed by atoms with Crippen LogP contribution in [0.15, 0.2) is 28.7 Å². The fourth-order valence-electron chi connectivity index (χ4n) is 1.40. The van der Waals surface area contributed by atoms with E-state index in [1.807, 2.05) is 24.3 Å². The van der Waals surface area contributed by atoms with Crippen LogP contribution in [0.3, 0.4) is 0 Å². The van der Waals surface area contributed by atoms with Gasteiger partial charge in [-0.25, -0.2) is 4.98 Å². The Kier molecular flexibility index (Phi) is 3.07. The summed E-state index contributed by atoms with van der Waals surface area (Å²) in [6.45, 7) is 1.49. The van der Waals surface area contributed by atoms with E-state index in [1.165, 1.54) is 18.3 Å². The standard InChI is InChI=1S/C11H9BrN2OS/c1-6(15)9-10(16-11(13)14-9)7-4-2-3-5-8(7)12/h2-5H,1H3,(H2,13,14). The van der Waals surface area contributed by atoms with Crippen LogP contribution in [0, 0.1) is 0 Å². The fraction of sp³-hybridized carbons (Fsp3) is 0.0909. The van der Waals surface area contributed by atoms with Crippen molar-refractivity contribution in [2.45, 2.75) is 6.92 Å². The molecule has 0 aliphatic heterocycles. The van der Waals surface area contributed by atoms with Crippen molar-refractivity contribution >= 4 is 38.2 Å². The lowest BCUT2D eigenvalue weighted by Gasteiger charge is -2.01. The van der Waals surface area contributed by atoms with E-state index in [0.29, 0.717) is 10.8 Å². The molecule has 0 atom stereocenters. The summed E-state index contributed by atoms with van der Waals surface area (Å²) in [6, 6.07) is 7.70. The number of carbonyl (C=O) groups excluding carboxylic acids is 1. The number of nitrogens with two attached hydrogens (primary N) is 1. The molecular formula is C11H9BrN2OS. The van der Waals surface area contributed by atoms with Gasteiger partial charge in [0.15, 0.2) is 10.9 Å². The minimum absolute atomic E-state index is 0.0706. The number of benzene rings is 1. The van der Waals surface area contributed by atoms with Crippen molar-refractivity contribution in [3.63, 3.8) is 0 Å². The number of thiazole rings is 1. The Bertz CT molecular complexity index is 551. The summed E-state index contributed by atoms with van der Waals surface area (Å²) in [5, 5.41) is 0.413. The van der Waals surface area contributed by atoms with Gasteiger partial charge in [-0.1, -0.05) is 45.5 Å². The Hall–Kier alpha value is -1.20. The summed E-state index contributed by atoms with van der Waals surface area (Å²) in [5.74, 6) is -0.0706. The molecule has 0 fully saturated rings. The lowest BCUT2D eigenvalue weighted by atomic mass is 10.1. The monoisotopic (exact) mass is 296 g/mol. The number of anilines is 1. The summed E-state index contributed by atoms with van der Waals surface area (Å²) in [4.78, 5) is 16.3. The van der Waals surface area contributed by atoms with Gasteiger partial charge in [0.1, 0.15) is 5.69 Å². The Morgan fingerprint density at radius 1 is 1.44 bits per heavy atom. The van der Waals surface area contributed by atoms with Crippen LogP contribution in [-0.4, -0.2) is 10.8 Å². The van der Waals surface area contributed by atoms with Crippen molar-refractivity contribution in [2.24, 2.45) is 0 Å². The number of nitrogen functional groups attached to an aromatic ring is 1. The summed E-state index contributed by atoms with van der Waals surface area (Å²) in [7, 11) is 0. The molecule has 0 unspecified atom stereocenters. The molecule has 82 valence electrons. The van der Waals surface area contributed by atoms with Crippen molar-refractivity contribution < 1.29 is 4.79 Å². The van der Waals surface area contributed by atoms with Crippen molar-refractivity contribution in [1.29, 1.82) is 0 Å². The second-order valence-corrected chi connectivity index (χ2v) is 5.15. The van der Waals surface area contributed by atoms with Crippen LogP contribution in [0.25, 0.3) is 10.4 Å². The number of Topliss-reactive ketones (excluding diaryl/α,β-unsaturated/α-hetero) is 1. The van der Waals surface area contributed by atoms with E-state index in [2.05, 4.69) is 20.9 Å². The molecule has 0 saturated carbocycles. The highest BCUT2D eigenvalue weighted by atomic mass is 79.9. The number of hydrogen-bond donors (Lipinski definition) is 1. The highest BCUT2D eigenvalue weighted by Crippen LogP contribution is 2.36. The number of aromatic nitrogens is 1. The minimum Gasteiger partial charge on any atom is -0.375 e. The molecule has 2 rings (SSSR count). The van der Waals surface area contributed by atoms with Crippen LogP contribution >= 0.6 is 27.3 Å². The number of ketones is 1. The van der Waals surface area contributed by atoms with Gasteiger partial charge in [0.2, 0.25) is 0 Å². The van der Waals surface area contributed by atoms with Gasteiger partial charge >= 0.3 is 0 Å². The lowest BCUT2D eigenvalue weighted by Crippen LogP contribution is -1.95. The molecule has 1 aromatic carbocycles. The predicted octanol–water partition coefficient (Wildman–Crippen LogP) is 3.36. The zero-order valence-electron chi connectivity index (χ0n) is 8.53. The third-order valence-electron chi connectivity index (χ3n) is 2.10. The van der Waals surface area contributed by atoms with Gasteiger partial charge in [-0.3, -0.25) is 4.79 Å². The average Bonchev–Trinajstić information content (AvgIpc) is 2.61. The summed E-state index contributed by atoms with van der Waals surface area (Å²) in [6.07, 6.45) is 0. The lowest BCUT2D eigenvalue weighted by molar-refractivity contribution is 0.101. The maximum atomic E-state index is 11.4. The molecule has 0 amide bonds. The predicted molar refractivity (Wildman–Crippen MR) is 69.7 cm³/mol. The third-order valence-corrected chi connectivity index (χ3v) is 3.70. The first-order valence-corrected chi connectivity index (χ1v) is 6.22. The van der Waals surface area contributed by atoms with Crippen molar-refractivity contribution in [2.75, 3.05) is 5.73 Å². The molecule has 0 bridgehead atoms. The van der Waals surface area contributed by atoms with Crippen LogP contribution in [0.4, 0.5) is 5.13 Å². The maximum Gasteiger partial charge on any atom is 0.181 e. The molecule has 1 heterocycles. The summed E-state index contributed by atoms with van der Waals surface area (Å²) < 4.78 is 0.932. The molecule has 1 aromatic heterocycles. The molecule has 0 saturated heterocycles. The van der Waals surface area contributed by atoms with Crippen molar-refractivity contribution in [3.05, 3.63) is 34.4 Å². The largest absolute Gasteiger partial charge is 0.375 e. The number of hydrogen-bond acceptors (Lipinski definition) is 4. The number of carbonyl (C=O) groups is 1. The SMILES string of the molecule is CC(=O)c1nc(N)sc1-c1ccccc1Br. The summed E-state index contributed by atoms with van der Waals surface area (Å²) in [5.41, 5.74) is 7.03. The van der Waals surface area contributed by atoms with E-state index < -0.39 is 0 Å². The van der Waals surface area contributed by atoms with Gasteiger partial charge in [0, 0.05) is 17.0 Å². The molecule has 5 heteroatoms. The van der Waals surface area contributed by atoms with Gasteiger partial charge in [-0.15, -0.1) is 0 Å². The van der Waals surface area contributed by atoms with Gasteiger partial charge in [-0.2, -0.15) is 0 Å². The highest BCUT2D eigenvalue weighted by Gasteiger charge is 2.16. The number of nitrogens with zero attached hydrogens (tertiary/aromatic N) is 1. The third kappa shape index (κ3) is 2.01. The van der Waals surface area contributed by atoms with Gasteiger partial charge < -0.3 is 5.73 Å². The van der Waals surface area contributed by atoms with Crippen molar-refractivity contribution in [1.82, 2.24) is 4.98 Å². The fourth-order valence-corrected chi connectivity index (χ4v) is 2.94. The van der Waals surface area contributed by atoms with Crippen molar-refractivity contribution in [3.8, 4) is 10.4 Å². The second kappa shape index (κ2) is 4.35. The Morgan fingerprint density at radius 2 is 2.12 bits per heavy atom. The molecule has 0 aliphatic carbocycles. The molecule has 0 spiro atoms. The van der Waals surface area contributed by atoms with Gasteiger partial charge in [0.25, 0.3) is 0 Å². The van der Waals surface area contributed by atoms with Gasteiger partial charge in [0.05, 0.1) is 4.88 Å². The van der Waals surface area contributed by atoms with E-state index >= 15 is 0 Å². The Morgan fingerprint density at radius 3 is 2.75 bits per heavy atom. The first-order valence-electron chi connectivity index (χ1n) is 4.61. The molecule has 2 N–H and O–H groups in total. The zero-order valence-corrected chi connectivity index (χ0v) is 10.9. The summed E-state index contributed by atoms with van der Waals surface area (Å²) >= 11 is 4.78. The van der Waals surface area contributed by atoms with Gasteiger partial charge in [-0.05, 0) is 6.07 Å². The quantitative estimate of drug-likeness (QED) is 0.865. The van der Waals surface area contributed by atoms with Crippen LogP contribution in [-0.2, 0) is 0 Å². The maximum absolute atomic E-state index is 11.4. The van der Waals surface area contributed by atoms with E-state index in [9.17, 15) is 4.79 Å². The second-order valence-electron chi connectivity index (χ2n) is 3.27. The van der Waals surface area contributed by atoms with E-state index in [0.717, 1.165) is 14.9 Å². The van der Waals surface area contributed by atoms with Crippen LogP contribution in [0.2, 0.25) is 0 Å². The number of rotatable bonds is 2. The first kappa shape index (κ1) is 11.3. The number of halogens is 1. The smallest absolute Gasteiger partial charge is 0.181 e. The van der Waals surface area contributed by atoms with Crippen LogP contribution in [0.5, 0.6) is 0 Å². The topological polar surface area (TPSA) is 56.0 Å². The minimum atomic E-state index is -0.0706. The molecule has 0 radical (unpaired) electrons.